The van der Waals surface area contributed by atoms with E-state index in [-0.39, 0.29) is 28.9 Å². The van der Waals surface area contributed by atoms with Crippen LogP contribution in [0.25, 0.3) is 11.1 Å². The number of aryl methyl sites for hydroxylation is 1. The summed E-state index contributed by atoms with van der Waals surface area (Å²) in [6.45, 7) is -0.634. The van der Waals surface area contributed by atoms with Crippen molar-refractivity contribution in [1.82, 2.24) is 19.9 Å². The van der Waals surface area contributed by atoms with Crippen molar-refractivity contribution in [3.05, 3.63) is 81.3 Å². The Labute approximate surface area is 230 Å². The van der Waals surface area contributed by atoms with E-state index in [1.807, 2.05) is 0 Å². The number of benzene rings is 1. The Bertz CT molecular complexity index is 1540. The number of carbonyl (C=O) groups is 2. The summed E-state index contributed by atoms with van der Waals surface area (Å²) in [5.74, 6) is -0.323. The minimum absolute atomic E-state index is 0.0291. The zero-order valence-corrected chi connectivity index (χ0v) is 22.1. The summed E-state index contributed by atoms with van der Waals surface area (Å²) in [6.07, 6.45) is 3.14. The van der Waals surface area contributed by atoms with Gasteiger partial charge in [-0.3, -0.25) is 19.9 Å². The fourth-order valence-corrected chi connectivity index (χ4v) is 5.49. The van der Waals surface area contributed by atoms with Gasteiger partial charge in [-0.1, -0.05) is 22.9 Å². The normalized spacial score (nSPS) is 12.4. The second-order valence-electron chi connectivity index (χ2n) is 8.46. The first-order chi connectivity index (χ1) is 18.7. The molecule has 3 aromatic heterocycles. The van der Waals surface area contributed by atoms with Crippen molar-refractivity contribution >= 4 is 39.9 Å². The molecule has 5 rings (SSSR count). The van der Waals surface area contributed by atoms with Crippen molar-refractivity contribution in [1.29, 1.82) is 0 Å². The SMILES string of the molecule is COc1cnccc1-c1cc(C)nc(Cl)c1C(=O)Nc1nc2c(s1)CN(C(=O)c1ccc(OC(F)F)cc1)C2. The van der Waals surface area contributed by atoms with Gasteiger partial charge in [-0.05, 0) is 43.3 Å². The number of fused-ring (bicyclic) bond motifs is 1. The van der Waals surface area contributed by atoms with Gasteiger partial charge in [0.1, 0.15) is 16.7 Å². The van der Waals surface area contributed by atoms with Crippen LogP contribution in [0.4, 0.5) is 13.9 Å². The molecular formula is C26H20ClF2N5O4S. The molecule has 1 aliphatic heterocycles. The number of alkyl halides is 2. The van der Waals surface area contributed by atoms with Crippen molar-refractivity contribution in [2.75, 3.05) is 12.4 Å². The first-order valence-electron chi connectivity index (χ1n) is 11.5. The standard InChI is InChI=1S/C26H20ClF2N5O4S/c1-13-9-17(16-7-8-30-10-19(16)37-2)21(22(27)31-13)23(35)33-26-32-18-11-34(12-20(18)39-26)24(36)14-3-5-15(6-4-14)38-25(28)29/h3-10,25H,11-12H2,1-2H3,(H,32,33,35). The summed E-state index contributed by atoms with van der Waals surface area (Å²) in [5.41, 5.74) is 2.95. The van der Waals surface area contributed by atoms with E-state index < -0.39 is 12.5 Å². The van der Waals surface area contributed by atoms with Gasteiger partial charge in [-0.25, -0.2) is 9.97 Å². The molecule has 0 spiro atoms. The highest BCUT2D eigenvalue weighted by Crippen LogP contribution is 2.36. The lowest BCUT2D eigenvalue weighted by Crippen LogP contribution is -2.25. The number of nitrogens with zero attached hydrogens (tertiary/aromatic N) is 4. The number of carbonyl (C=O) groups excluding carboxylic acids is 2. The lowest BCUT2D eigenvalue weighted by atomic mass is 10.0. The molecule has 0 saturated heterocycles. The van der Waals surface area contributed by atoms with Crippen LogP contribution in [-0.2, 0) is 13.1 Å². The van der Waals surface area contributed by atoms with E-state index in [2.05, 4.69) is 25.0 Å². The Kier molecular flexibility index (Phi) is 7.40. The Morgan fingerprint density at radius 2 is 1.90 bits per heavy atom. The maximum absolute atomic E-state index is 13.4. The van der Waals surface area contributed by atoms with Crippen LogP contribution in [0.1, 0.15) is 37.0 Å². The topological polar surface area (TPSA) is 107 Å². The zero-order chi connectivity index (χ0) is 27.7. The highest BCUT2D eigenvalue weighted by molar-refractivity contribution is 7.16. The molecular weight excluding hydrogens is 552 g/mol. The van der Waals surface area contributed by atoms with E-state index >= 15 is 0 Å². The summed E-state index contributed by atoms with van der Waals surface area (Å²) in [6, 6.07) is 8.97. The largest absolute Gasteiger partial charge is 0.494 e. The van der Waals surface area contributed by atoms with Crippen LogP contribution < -0.4 is 14.8 Å². The summed E-state index contributed by atoms with van der Waals surface area (Å²) in [7, 11) is 1.51. The van der Waals surface area contributed by atoms with Gasteiger partial charge in [0.05, 0.1) is 42.5 Å². The molecule has 0 bridgehead atoms. The number of amides is 2. The fourth-order valence-electron chi connectivity index (χ4n) is 4.19. The van der Waals surface area contributed by atoms with Gasteiger partial charge in [0.25, 0.3) is 11.8 Å². The molecule has 0 atom stereocenters. The van der Waals surface area contributed by atoms with Crippen molar-refractivity contribution < 1.29 is 27.8 Å². The van der Waals surface area contributed by atoms with Crippen LogP contribution in [0.2, 0.25) is 5.15 Å². The third-order valence-corrected chi connectivity index (χ3v) is 7.18. The molecule has 9 nitrogen and oxygen atoms in total. The Balaban J connectivity index is 1.32. The number of halogens is 3. The van der Waals surface area contributed by atoms with Gasteiger partial charge in [0.15, 0.2) is 5.13 Å². The quantitative estimate of drug-likeness (QED) is 0.289. The maximum atomic E-state index is 13.4. The van der Waals surface area contributed by atoms with Crippen LogP contribution in [0.3, 0.4) is 0 Å². The van der Waals surface area contributed by atoms with Gasteiger partial charge >= 0.3 is 6.61 Å². The molecule has 1 N–H and O–H groups in total. The fraction of sp³-hybridized carbons (Fsp3) is 0.192. The zero-order valence-electron chi connectivity index (χ0n) is 20.6. The number of pyridine rings is 2. The number of thiazole rings is 1. The number of hydrogen-bond acceptors (Lipinski definition) is 8. The highest BCUT2D eigenvalue weighted by atomic mass is 35.5. The van der Waals surface area contributed by atoms with Gasteiger partial charge < -0.3 is 14.4 Å². The number of hydrogen-bond donors (Lipinski definition) is 1. The number of aromatic nitrogens is 3. The molecule has 0 fully saturated rings. The number of ether oxygens (including phenoxy) is 2. The summed E-state index contributed by atoms with van der Waals surface area (Å²) in [4.78, 5) is 41.5. The number of anilines is 1. The monoisotopic (exact) mass is 571 g/mol. The predicted octanol–water partition coefficient (Wildman–Crippen LogP) is 5.58. The van der Waals surface area contributed by atoms with Crippen LogP contribution in [0.5, 0.6) is 11.5 Å². The lowest BCUT2D eigenvalue weighted by molar-refractivity contribution is -0.0498. The molecule has 4 heterocycles. The molecule has 2 amide bonds. The van der Waals surface area contributed by atoms with Gasteiger partial charge in [0.2, 0.25) is 0 Å². The summed E-state index contributed by atoms with van der Waals surface area (Å²) >= 11 is 7.68. The van der Waals surface area contributed by atoms with E-state index in [0.717, 1.165) is 4.88 Å². The molecule has 200 valence electrons. The van der Waals surface area contributed by atoms with Crippen LogP contribution in [0, 0.1) is 6.92 Å². The number of methoxy groups -OCH3 is 1. The first kappa shape index (κ1) is 26.4. The maximum Gasteiger partial charge on any atom is 0.387 e. The first-order valence-corrected chi connectivity index (χ1v) is 12.7. The molecule has 0 saturated carbocycles. The molecule has 39 heavy (non-hydrogen) atoms. The van der Waals surface area contributed by atoms with Gasteiger partial charge in [-0.2, -0.15) is 8.78 Å². The van der Waals surface area contributed by atoms with Crippen LogP contribution >= 0.6 is 22.9 Å². The Hall–Kier alpha value is -4.16. The van der Waals surface area contributed by atoms with Gasteiger partial charge in [-0.15, -0.1) is 0 Å². The average Bonchev–Trinajstić information content (AvgIpc) is 3.46. The van der Waals surface area contributed by atoms with Crippen molar-refractivity contribution in [3.8, 4) is 22.6 Å². The molecule has 0 aliphatic carbocycles. The lowest BCUT2D eigenvalue weighted by Gasteiger charge is -2.16. The minimum Gasteiger partial charge on any atom is -0.494 e. The average molecular weight is 572 g/mol. The van der Waals surface area contributed by atoms with Crippen molar-refractivity contribution in [3.63, 3.8) is 0 Å². The van der Waals surface area contributed by atoms with E-state index in [0.29, 0.717) is 45.5 Å². The molecule has 1 aliphatic rings. The third kappa shape index (κ3) is 5.52. The molecule has 13 heteroatoms. The van der Waals surface area contributed by atoms with Crippen molar-refractivity contribution in [2.24, 2.45) is 0 Å². The van der Waals surface area contributed by atoms with Gasteiger partial charge in [0, 0.05) is 28.6 Å². The van der Waals surface area contributed by atoms with E-state index in [4.69, 9.17) is 16.3 Å². The van der Waals surface area contributed by atoms with E-state index in [9.17, 15) is 18.4 Å². The van der Waals surface area contributed by atoms with Crippen LogP contribution in [0.15, 0.2) is 48.8 Å². The molecule has 0 radical (unpaired) electrons. The smallest absolute Gasteiger partial charge is 0.387 e. The molecule has 4 aromatic rings. The summed E-state index contributed by atoms with van der Waals surface area (Å²) in [5, 5.41) is 3.19. The van der Waals surface area contributed by atoms with Crippen molar-refractivity contribution in [2.45, 2.75) is 26.6 Å². The Morgan fingerprint density at radius 3 is 2.59 bits per heavy atom. The highest BCUT2D eigenvalue weighted by Gasteiger charge is 2.29. The second kappa shape index (κ2) is 10.9. The van der Waals surface area contributed by atoms with E-state index in [1.165, 1.54) is 42.7 Å². The summed E-state index contributed by atoms with van der Waals surface area (Å²) < 4.78 is 34.5. The third-order valence-electron chi connectivity index (χ3n) is 5.91. The minimum atomic E-state index is -2.94. The Morgan fingerprint density at radius 1 is 1.13 bits per heavy atom. The number of nitrogens with one attached hydrogen (secondary N) is 1. The van der Waals surface area contributed by atoms with E-state index in [1.54, 1.807) is 36.4 Å². The number of rotatable bonds is 7. The van der Waals surface area contributed by atoms with Crippen LogP contribution in [-0.4, -0.2) is 45.4 Å². The molecule has 1 aromatic carbocycles. The second-order valence-corrected chi connectivity index (χ2v) is 9.90. The predicted molar refractivity (Wildman–Crippen MR) is 140 cm³/mol. The molecule has 0 unspecified atom stereocenters.